The van der Waals surface area contributed by atoms with Crippen molar-refractivity contribution in [3.05, 3.63) is 78.0 Å². The molecule has 0 aliphatic heterocycles. The minimum absolute atomic E-state index is 0.186. The van der Waals surface area contributed by atoms with Gasteiger partial charge in [0.1, 0.15) is 22.4 Å². The Balaban J connectivity index is 1.53. The predicted molar refractivity (Wildman–Crippen MR) is 150 cm³/mol. The minimum Gasteiger partial charge on any atom is -0.486 e. The van der Waals surface area contributed by atoms with E-state index in [0.717, 1.165) is 11.1 Å². The number of aryl methyl sites for hydroxylation is 1. The lowest BCUT2D eigenvalue weighted by molar-refractivity contribution is 0.0589. The third kappa shape index (κ3) is 6.71. The molecule has 1 aromatic heterocycles. The van der Waals surface area contributed by atoms with Crippen molar-refractivity contribution in [3.63, 3.8) is 0 Å². The molecule has 1 amide bonds. The Bertz CT molecular complexity index is 1630. The highest BCUT2D eigenvalue weighted by Gasteiger charge is 2.22. The van der Waals surface area contributed by atoms with Gasteiger partial charge in [-0.2, -0.15) is 8.42 Å². The maximum atomic E-state index is 12.3. The molecule has 4 aromatic rings. The molecular weight excluding hydrogens is 518 g/mol. The summed E-state index contributed by atoms with van der Waals surface area (Å²) in [4.78, 5) is 22.8. The maximum Gasteiger partial charge on any atom is 0.414 e. The van der Waals surface area contributed by atoms with Crippen molar-refractivity contribution in [2.75, 3.05) is 11.9 Å². The van der Waals surface area contributed by atoms with Crippen LogP contribution in [-0.4, -0.2) is 41.7 Å². The van der Waals surface area contributed by atoms with Crippen LogP contribution < -0.4 is 9.64 Å². The Morgan fingerprint density at radius 2 is 1.69 bits per heavy atom. The monoisotopic (exact) mass is 549 g/mol. The summed E-state index contributed by atoms with van der Waals surface area (Å²) in [5.41, 5.74) is 4.04. The highest BCUT2D eigenvalue weighted by atomic mass is 32.2. The van der Waals surface area contributed by atoms with Crippen molar-refractivity contribution in [1.29, 1.82) is 0 Å². The van der Waals surface area contributed by atoms with Gasteiger partial charge in [-0.3, -0.25) is 14.4 Å². The number of carbonyl (C=O) groups is 1. The third-order valence-electron chi connectivity index (χ3n) is 5.93. The topological polar surface area (TPSA) is 119 Å². The average Bonchev–Trinajstić information content (AvgIpc) is 2.86. The van der Waals surface area contributed by atoms with Crippen molar-refractivity contribution < 1.29 is 27.2 Å². The first kappa shape index (κ1) is 28.0. The smallest absolute Gasteiger partial charge is 0.414 e. The van der Waals surface area contributed by atoms with Gasteiger partial charge in [0.05, 0.1) is 22.9 Å². The van der Waals surface area contributed by atoms with Crippen LogP contribution in [0, 0.1) is 6.92 Å². The van der Waals surface area contributed by atoms with E-state index < -0.39 is 27.9 Å². The molecule has 204 valence electrons. The molecular formula is C29H31N3O6S. The van der Waals surface area contributed by atoms with Crippen LogP contribution in [0.15, 0.2) is 71.8 Å². The number of hydrogen-bond acceptors (Lipinski definition) is 7. The molecule has 0 saturated heterocycles. The molecule has 0 aliphatic rings. The molecule has 9 nitrogen and oxygen atoms in total. The van der Waals surface area contributed by atoms with Gasteiger partial charge < -0.3 is 9.47 Å². The molecule has 0 radical (unpaired) electrons. The quantitative estimate of drug-likeness (QED) is 0.276. The second-order valence-corrected chi connectivity index (χ2v) is 11.7. The summed E-state index contributed by atoms with van der Waals surface area (Å²) in [6.45, 7) is 9.01. The molecule has 0 aliphatic carbocycles. The highest BCUT2D eigenvalue weighted by molar-refractivity contribution is 7.85. The third-order valence-corrected chi connectivity index (χ3v) is 6.85. The lowest BCUT2D eigenvalue weighted by atomic mass is 10.1. The molecule has 1 N–H and O–H groups in total. The number of fused-ring (bicyclic) bond motifs is 1. The second kappa shape index (κ2) is 10.6. The van der Waals surface area contributed by atoms with E-state index in [1.165, 1.54) is 11.0 Å². The Morgan fingerprint density at radius 3 is 2.33 bits per heavy atom. The van der Waals surface area contributed by atoms with E-state index in [2.05, 4.69) is 4.98 Å². The zero-order valence-electron chi connectivity index (χ0n) is 22.7. The zero-order valence-corrected chi connectivity index (χ0v) is 23.5. The van der Waals surface area contributed by atoms with Crippen LogP contribution in [0.2, 0.25) is 0 Å². The van der Waals surface area contributed by atoms with E-state index in [-0.39, 0.29) is 4.90 Å². The molecule has 0 saturated carbocycles. The Labute approximate surface area is 228 Å². The van der Waals surface area contributed by atoms with Crippen LogP contribution in [0.25, 0.3) is 22.3 Å². The first-order valence-electron chi connectivity index (χ1n) is 12.3. The molecule has 0 spiro atoms. The van der Waals surface area contributed by atoms with Gasteiger partial charge in [0.15, 0.2) is 0 Å². The van der Waals surface area contributed by atoms with Gasteiger partial charge >= 0.3 is 6.09 Å². The summed E-state index contributed by atoms with van der Waals surface area (Å²) in [5, 5.41) is 0. The van der Waals surface area contributed by atoms with E-state index in [1.807, 2.05) is 52.0 Å². The van der Waals surface area contributed by atoms with Gasteiger partial charge in [0, 0.05) is 29.9 Å². The normalized spacial score (nSPS) is 12.7. The zero-order chi connectivity index (χ0) is 28.5. The first-order valence-corrected chi connectivity index (χ1v) is 13.7. The molecule has 10 heteroatoms. The molecule has 4 rings (SSSR count). The fourth-order valence-electron chi connectivity index (χ4n) is 3.98. The summed E-state index contributed by atoms with van der Waals surface area (Å²) in [5.74, 6) is 0.481. The lowest BCUT2D eigenvalue weighted by Gasteiger charge is -2.24. The number of rotatable bonds is 6. The fraction of sp³-hybridized carbons (Fsp3) is 0.276. The van der Waals surface area contributed by atoms with Crippen LogP contribution in [0.4, 0.5) is 10.5 Å². The number of ether oxygens (including phenoxy) is 2. The van der Waals surface area contributed by atoms with Gasteiger partial charge in [-0.15, -0.1) is 0 Å². The SMILES string of the molecule is Cc1ccc(S(=O)(=O)O)c(C(C)Oc2ccc3nc(-c4ccc(N(C)C(=O)OC(C)(C)C)cc4)cnc3c2)c1. The first-order chi connectivity index (χ1) is 18.2. The van der Waals surface area contributed by atoms with Crippen LogP contribution >= 0.6 is 0 Å². The number of hydrogen-bond donors (Lipinski definition) is 1. The number of aromatic nitrogens is 2. The van der Waals surface area contributed by atoms with Crippen molar-refractivity contribution in [3.8, 4) is 17.0 Å². The summed E-state index contributed by atoms with van der Waals surface area (Å²) in [6.07, 6.45) is 0.563. The van der Waals surface area contributed by atoms with Crippen molar-refractivity contribution in [1.82, 2.24) is 9.97 Å². The summed E-state index contributed by atoms with van der Waals surface area (Å²) >= 11 is 0. The highest BCUT2D eigenvalue weighted by Crippen LogP contribution is 2.30. The Morgan fingerprint density at radius 1 is 1.00 bits per heavy atom. The van der Waals surface area contributed by atoms with E-state index in [0.29, 0.717) is 33.7 Å². The van der Waals surface area contributed by atoms with E-state index >= 15 is 0 Å². The number of anilines is 1. The minimum atomic E-state index is -4.40. The molecule has 0 bridgehead atoms. The Hall–Kier alpha value is -4.02. The molecule has 3 aromatic carbocycles. The average molecular weight is 550 g/mol. The summed E-state index contributed by atoms with van der Waals surface area (Å²) in [6, 6.07) is 17.3. The van der Waals surface area contributed by atoms with E-state index in [9.17, 15) is 17.8 Å². The number of nitrogens with zero attached hydrogens (tertiary/aromatic N) is 3. The van der Waals surface area contributed by atoms with Crippen LogP contribution in [0.3, 0.4) is 0 Å². The molecule has 1 heterocycles. The molecule has 1 unspecified atom stereocenters. The number of carbonyl (C=O) groups excluding carboxylic acids is 1. The number of benzene rings is 3. The summed E-state index contributed by atoms with van der Waals surface area (Å²) in [7, 11) is -2.75. The van der Waals surface area contributed by atoms with E-state index in [1.54, 1.807) is 50.5 Å². The molecule has 0 fully saturated rings. The van der Waals surface area contributed by atoms with Gasteiger partial charge in [0.25, 0.3) is 10.1 Å². The van der Waals surface area contributed by atoms with Crippen LogP contribution in [0.5, 0.6) is 5.75 Å². The van der Waals surface area contributed by atoms with Crippen LogP contribution in [-0.2, 0) is 14.9 Å². The van der Waals surface area contributed by atoms with Crippen LogP contribution in [0.1, 0.15) is 44.9 Å². The van der Waals surface area contributed by atoms with Crippen molar-refractivity contribution in [2.24, 2.45) is 0 Å². The van der Waals surface area contributed by atoms with E-state index in [4.69, 9.17) is 14.5 Å². The largest absolute Gasteiger partial charge is 0.486 e. The molecule has 1 atom stereocenters. The van der Waals surface area contributed by atoms with Gasteiger partial charge in [-0.1, -0.05) is 29.8 Å². The molecule has 39 heavy (non-hydrogen) atoms. The van der Waals surface area contributed by atoms with Gasteiger partial charge in [-0.25, -0.2) is 9.78 Å². The van der Waals surface area contributed by atoms with Crippen molar-refractivity contribution >= 4 is 32.9 Å². The van der Waals surface area contributed by atoms with Gasteiger partial charge in [0.2, 0.25) is 0 Å². The standard InChI is InChI=1S/C29H31N3O6S/c1-18-7-14-27(39(34,35)36)23(15-18)19(2)37-22-12-13-24-25(16-22)30-17-26(31-24)20-8-10-21(11-9-20)32(6)28(33)38-29(3,4)5/h7-17,19H,1-6H3,(H,34,35,36). The lowest BCUT2D eigenvalue weighted by Crippen LogP contribution is -2.34. The summed E-state index contributed by atoms with van der Waals surface area (Å²) < 4.78 is 44.7. The number of amides is 1. The predicted octanol–water partition coefficient (Wildman–Crippen LogP) is 6.36. The maximum absolute atomic E-state index is 12.3. The fourth-order valence-corrected chi connectivity index (χ4v) is 4.75. The van der Waals surface area contributed by atoms with Gasteiger partial charge in [-0.05, 0) is 65.0 Å². The van der Waals surface area contributed by atoms with Crippen molar-refractivity contribution in [2.45, 2.75) is 51.2 Å². The second-order valence-electron chi connectivity index (χ2n) is 10.3. The Kier molecular flexibility index (Phi) is 7.63.